The Balaban J connectivity index is 1.51. The number of hydrogen-bond donors (Lipinski definition) is 0. The fraction of sp³-hybridized carbons (Fsp3) is 0.333. The van der Waals surface area contributed by atoms with Crippen molar-refractivity contribution in [3.05, 3.63) is 54.6 Å². The van der Waals surface area contributed by atoms with E-state index in [1.807, 2.05) is 12.1 Å². The quantitative estimate of drug-likeness (QED) is 0.842. The highest BCUT2D eigenvalue weighted by molar-refractivity contribution is 5.98. The highest BCUT2D eigenvalue weighted by atomic mass is 16.2. The van der Waals surface area contributed by atoms with Crippen LogP contribution in [0.1, 0.15) is 16.8 Å². The van der Waals surface area contributed by atoms with Crippen LogP contribution in [0.4, 0.5) is 5.69 Å². The number of nitrogens with zero attached hydrogens (tertiary/aromatic N) is 4. The number of carbonyl (C=O) groups excluding carboxylic acids is 2. The van der Waals surface area contributed by atoms with Crippen molar-refractivity contribution in [1.29, 1.82) is 0 Å². The van der Waals surface area contributed by atoms with E-state index in [0.717, 1.165) is 12.1 Å². The molecule has 2 aliphatic heterocycles. The molecule has 2 atom stereocenters. The van der Waals surface area contributed by atoms with E-state index in [9.17, 15) is 9.59 Å². The molecule has 2 aromatic heterocycles. The second kappa shape index (κ2) is 6.03. The van der Waals surface area contributed by atoms with E-state index in [2.05, 4.69) is 9.97 Å². The summed E-state index contributed by atoms with van der Waals surface area (Å²) < 4.78 is 0. The summed E-state index contributed by atoms with van der Waals surface area (Å²) in [6.45, 7) is 1.81. The van der Waals surface area contributed by atoms with Gasteiger partial charge < -0.3 is 9.80 Å². The van der Waals surface area contributed by atoms with Crippen LogP contribution >= 0.6 is 0 Å². The maximum Gasteiger partial charge on any atom is 0.255 e. The summed E-state index contributed by atoms with van der Waals surface area (Å²) in [5.41, 5.74) is 1.41. The van der Waals surface area contributed by atoms with Gasteiger partial charge in [-0.25, -0.2) is 0 Å². The number of carbonyl (C=O) groups is 2. The minimum atomic E-state index is -0.125. The molecule has 0 aromatic carbocycles. The van der Waals surface area contributed by atoms with Crippen molar-refractivity contribution in [2.24, 2.45) is 11.8 Å². The van der Waals surface area contributed by atoms with E-state index in [1.165, 1.54) is 0 Å². The predicted octanol–water partition coefficient (Wildman–Crippen LogP) is 1.60. The molecule has 2 saturated heterocycles. The van der Waals surface area contributed by atoms with Gasteiger partial charge >= 0.3 is 0 Å². The molecule has 0 saturated carbocycles. The number of anilines is 1. The Hall–Kier alpha value is -2.76. The summed E-state index contributed by atoms with van der Waals surface area (Å²) in [5, 5.41) is 0. The van der Waals surface area contributed by atoms with Crippen LogP contribution in [0.15, 0.2) is 49.1 Å². The van der Waals surface area contributed by atoms with Crippen LogP contribution in [-0.2, 0) is 4.79 Å². The second-order valence-electron chi connectivity index (χ2n) is 6.31. The second-order valence-corrected chi connectivity index (χ2v) is 6.31. The van der Waals surface area contributed by atoms with Crippen LogP contribution in [0, 0.1) is 11.8 Å². The zero-order valence-electron chi connectivity index (χ0n) is 13.2. The lowest BCUT2D eigenvalue weighted by molar-refractivity contribution is -0.124. The van der Waals surface area contributed by atoms with Crippen molar-refractivity contribution in [3.8, 4) is 0 Å². The first-order chi connectivity index (χ1) is 11.7. The van der Waals surface area contributed by atoms with Crippen LogP contribution in [0.5, 0.6) is 0 Å². The van der Waals surface area contributed by atoms with Gasteiger partial charge in [0.05, 0.1) is 23.4 Å². The molecule has 0 N–H and O–H groups in total. The van der Waals surface area contributed by atoms with Crippen LogP contribution < -0.4 is 4.90 Å². The van der Waals surface area contributed by atoms with Crippen LogP contribution in [-0.4, -0.2) is 46.3 Å². The van der Waals surface area contributed by atoms with E-state index < -0.39 is 0 Å². The van der Waals surface area contributed by atoms with E-state index in [-0.39, 0.29) is 23.7 Å². The molecule has 24 heavy (non-hydrogen) atoms. The Morgan fingerprint density at radius 3 is 2.58 bits per heavy atom. The largest absolute Gasteiger partial charge is 0.337 e. The zero-order valence-corrected chi connectivity index (χ0v) is 13.2. The molecule has 0 aliphatic carbocycles. The Labute approximate surface area is 140 Å². The number of aromatic nitrogens is 2. The van der Waals surface area contributed by atoms with Gasteiger partial charge in [0, 0.05) is 38.2 Å². The molecular weight excluding hydrogens is 304 g/mol. The van der Waals surface area contributed by atoms with E-state index >= 15 is 0 Å². The van der Waals surface area contributed by atoms with Gasteiger partial charge in [-0.2, -0.15) is 0 Å². The van der Waals surface area contributed by atoms with Gasteiger partial charge in [0.15, 0.2) is 0 Å². The molecule has 0 bridgehead atoms. The minimum absolute atomic E-state index is 0.0433. The highest BCUT2D eigenvalue weighted by Crippen LogP contribution is 2.34. The Morgan fingerprint density at radius 2 is 1.88 bits per heavy atom. The maximum atomic E-state index is 12.9. The molecule has 2 aliphatic rings. The smallest absolute Gasteiger partial charge is 0.255 e. The standard InChI is InChI=1S/C18H18N4O2/c23-17(13-3-1-6-19-9-13)21-11-14-5-8-22(18(24)16(14)12-21)15-4-2-7-20-10-15/h1-4,6-7,9-10,14,16H,5,8,11-12H2/t14-,16-/m1/s1. The van der Waals surface area contributed by atoms with Crippen LogP contribution in [0.25, 0.3) is 0 Å². The van der Waals surface area contributed by atoms with Crippen molar-refractivity contribution in [1.82, 2.24) is 14.9 Å². The number of fused-ring (bicyclic) bond motifs is 1. The average molecular weight is 322 g/mol. The van der Waals surface area contributed by atoms with Gasteiger partial charge in [-0.3, -0.25) is 19.6 Å². The number of rotatable bonds is 2. The first-order valence-corrected chi connectivity index (χ1v) is 8.15. The fourth-order valence-electron chi connectivity index (χ4n) is 3.66. The molecule has 4 rings (SSSR count). The molecular formula is C18H18N4O2. The van der Waals surface area contributed by atoms with Crippen LogP contribution in [0.2, 0.25) is 0 Å². The van der Waals surface area contributed by atoms with Gasteiger partial charge in [-0.05, 0) is 36.6 Å². The molecule has 2 fully saturated rings. The zero-order chi connectivity index (χ0) is 16.5. The minimum Gasteiger partial charge on any atom is -0.337 e. The molecule has 0 spiro atoms. The van der Waals surface area contributed by atoms with E-state index in [0.29, 0.717) is 25.2 Å². The topological polar surface area (TPSA) is 66.4 Å². The van der Waals surface area contributed by atoms with Gasteiger partial charge in [-0.15, -0.1) is 0 Å². The maximum absolute atomic E-state index is 12.9. The average Bonchev–Trinajstić information content (AvgIpc) is 3.08. The Kier molecular flexibility index (Phi) is 3.72. The summed E-state index contributed by atoms with van der Waals surface area (Å²) in [4.78, 5) is 37.1. The van der Waals surface area contributed by atoms with Gasteiger partial charge in [0.25, 0.3) is 5.91 Å². The number of pyridine rings is 2. The molecule has 2 amide bonds. The molecule has 6 heteroatoms. The number of hydrogen-bond acceptors (Lipinski definition) is 4. The molecule has 2 aromatic rings. The lowest BCUT2D eigenvalue weighted by atomic mass is 9.88. The summed E-state index contributed by atoms with van der Waals surface area (Å²) >= 11 is 0. The monoisotopic (exact) mass is 322 g/mol. The molecule has 122 valence electrons. The first kappa shape index (κ1) is 14.8. The van der Waals surface area contributed by atoms with Crippen molar-refractivity contribution in [2.45, 2.75) is 6.42 Å². The van der Waals surface area contributed by atoms with Crippen LogP contribution in [0.3, 0.4) is 0 Å². The number of likely N-dealkylation sites (tertiary alicyclic amines) is 1. The summed E-state index contributed by atoms with van der Waals surface area (Å²) in [7, 11) is 0. The SMILES string of the molecule is O=C(c1cccnc1)N1C[C@H]2CCN(c3cccnc3)C(=O)[C@@H]2C1. The summed E-state index contributed by atoms with van der Waals surface area (Å²) in [6.07, 6.45) is 7.54. The first-order valence-electron chi connectivity index (χ1n) is 8.15. The fourth-order valence-corrected chi connectivity index (χ4v) is 3.66. The summed E-state index contributed by atoms with van der Waals surface area (Å²) in [6, 6.07) is 7.26. The molecule has 0 unspecified atom stereocenters. The third-order valence-electron chi connectivity index (χ3n) is 4.90. The molecule has 6 nitrogen and oxygen atoms in total. The normalized spacial score (nSPS) is 23.2. The van der Waals surface area contributed by atoms with Crippen molar-refractivity contribution < 1.29 is 9.59 Å². The third-order valence-corrected chi connectivity index (χ3v) is 4.90. The summed E-state index contributed by atoms with van der Waals surface area (Å²) in [5.74, 6) is 0.171. The Bertz CT molecular complexity index is 750. The predicted molar refractivity (Wildman–Crippen MR) is 88.3 cm³/mol. The van der Waals surface area contributed by atoms with Crippen molar-refractivity contribution >= 4 is 17.5 Å². The number of amides is 2. The van der Waals surface area contributed by atoms with Gasteiger partial charge in [-0.1, -0.05) is 0 Å². The van der Waals surface area contributed by atoms with Gasteiger partial charge in [0.2, 0.25) is 5.91 Å². The highest BCUT2D eigenvalue weighted by Gasteiger charge is 2.44. The van der Waals surface area contributed by atoms with E-state index in [1.54, 1.807) is 46.7 Å². The van der Waals surface area contributed by atoms with Crippen molar-refractivity contribution in [2.75, 3.05) is 24.5 Å². The lowest BCUT2D eigenvalue weighted by Crippen LogP contribution is -2.45. The third kappa shape index (κ3) is 2.54. The van der Waals surface area contributed by atoms with E-state index in [4.69, 9.17) is 0 Å². The molecule has 4 heterocycles. The van der Waals surface area contributed by atoms with Crippen molar-refractivity contribution in [3.63, 3.8) is 0 Å². The lowest BCUT2D eigenvalue weighted by Gasteiger charge is -2.33. The molecule has 0 radical (unpaired) electrons. The number of piperidine rings is 1. The van der Waals surface area contributed by atoms with Gasteiger partial charge in [0.1, 0.15) is 0 Å². The Morgan fingerprint density at radius 1 is 1.08 bits per heavy atom.